The van der Waals surface area contributed by atoms with Crippen LogP contribution in [0.15, 0.2) is 0 Å². The highest BCUT2D eigenvalue weighted by molar-refractivity contribution is 7.91. The molecule has 0 aromatic heterocycles. The summed E-state index contributed by atoms with van der Waals surface area (Å²) in [6, 6.07) is 0.190. The summed E-state index contributed by atoms with van der Waals surface area (Å²) in [5, 5.41) is 3.15. The molecule has 6 heteroatoms. The van der Waals surface area contributed by atoms with Crippen LogP contribution in [0.1, 0.15) is 33.1 Å². The molecular weight excluding hydrogens is 264 g/mol. The van der Waals surface area contributed by atoms with Crippen molar-refractivity contribution in [1.82, 2.24) is 10.2 Å². The summed E-state index contributed by atoms with van der Waals surface area (Å²) in [7, 11) is -2.96. The molecule has 1 saturated heterocycles. The van der Waals surface area contributed by atoms with Crippen LogP contribution in [0.5, 0.6) is 0 Å². The standard InChI is InChI=1S/C13H24N2O3S/c1-10(2)8-15(12-3-4-12)13(16)7-11-9-19(17,18)6-5-14-11/h10-12,14H,3-9H2,1-2H3. The van der Waals surface area contributed by atoms with Gasteiger partial charge in [0.05, 0.1) is 11.5 Å². The molecule has 0 spiro atoms. The molecule has 1 saturated carbocycles. The van der Waals surface area contributed by atoms with Crippen molar-refractivity contribution in [1.29, 1.82) is 0 Å². The number of hydrogen-bond acceptors (Lipinski definition) is 4. The van der Waals surface area contributed by atoms with Crippen molar-refractivity contribution in [2.45, 2.75) is 45.2 Å². The van der Waals surface area contributed by atoms with E-state index in [4.69, 9.17) is 0 Å². The Bertz CT molecular complexity index is 429. The van der Waals surface area contributed by atoms with E-state index in [9.17, 15) is 13.2 Å². The summed E-state index contributed by atoms with van der Waals surface area (Å²) < 4.78 is 23.1. The van der Waals surface area contributed by atoms with E-state index in [-0.39, 0.29) is 23.5 Å². The maximum Gasteiger partial charge on any atom is 0.224 e. The second-order valence-corrected chi connectivity index (χ2v) is 8.37. The molecular formula is C13H24N2O3S. The molecule has 1 heterocycles. The first-order valence-electron chi connectivity index (χ1n) is 7.10. The molecule has 0 aromatic carbocycles. The van der Waals surface area contributed by atoms with Gasteiger partial charge in [-0.3, -0.25) is 4.79 Å². The SMILES string of the molecule is CC(C)CN(C(=O)CC1CS(=O)(=O)CCN1)C1CC1. The molecule has 1 N–H and O–H groups in total. The molecule has 19 heavy (non-hydrogen) atoms. The summed E-state index contributed by atoms with van der Waals surface area (Å²) in [5.41, 5.74) is 0. The number of hydrogen-bond donors (Lipinski definition) is 1. The Morgan fingerprint density at radius 2 is 2.05 bits per heavy atom. The fraction of sp³-hybridized carbons (Fsp3) is 0.923. The quantitative estimate of drug-likeness (QED) is 0.796. The molecule has 1 atom stereocenters. The summed E-state index contributed by atoms with van der Waals surface area (Å²) in [4.78, 5) is 14.3. The minimum atomic E-state index is -2.96. The molecule has 2 rings (SSSR count). The van der Waals surface area contributed by atoms with Crippen LogP contribution in [-0.4, -0.2) is 55.9 Å². The monoisotopic (exact) mass is 288 g/mol. The minimum Gasteiger partial charge on any atom is -0.339 e. The molecule has 110 valence electrons. The first-order valence-corrected chi connectivity index (χ1v) is 8.93. The number of rotatable bonds is 5. The van der Waals surface area contributed by atoms with E-state index < -0.39 is 9.84 Å². The van der Waals surface area contributed by atoms with Gasteiger partial charge in [-0.2, -0.15) is 0 Å². The van der Waals surface area contributed by atoms with Crippen molar-refractivity contribution >= 4 is 15.7 Å². The lowest BCUT2D eigenvalue weighted by Gasteiger charge is -2.28. The first kappa shape index (κ1) is 14.8. The number of nitrogens with zero attached hydrogens (tertiary/aromatic N) is 1. The maximum atomic E-state index is 12.3. The lowest BCUT2D eigenvalue weighted by atomic mass is 10.1. The largest absolute Gasteiger partial charge is 0.339 e. The summed E-state index contributed by atoms with van der Waals surface area (Å²) in [5.74, 6) is 0.841. The fourth-order valence-corrected chi connectivity index (χ4v) is 4.00. The van der Waals surface area contributed by atoms with Gasteiger partial charge in [0, 0.05) is 31.6 Å². The molecule has 1 aliphatic carbocycles. The molecule has 1 unspecified atom stereocenters. The normalized spacial score (nSPS) is 26.4. The lowest BCUT2D eigenvalue weighted by molar-refractivity contribution is -0.132. The zero-order valence-electron chi connectivity index (χ0n) is 11.8. The smallest absolute Gasteiger partial charge is 0.224 e. The van der Waals surface area contributed by atoms with Crippen molar-refractivity contribution in [3.8, 4) is 0 Å². The zero-order chi connectivity index (χ0) is 14.0. The number of carbonyl (C=O) groups excluding carboxylic acids is 1. The molecule has 0 aromatic rings. The van der Waals surface area contributed by atoms with Gasteiger partial charge in [0.2, 0.25) is 5.91 Å². The second-order valence-electron chi connectivity index (χ2n) is 6.14. The lowest BCUT2D eigenvalue weighted by Crippen LogP contribution is -2.48. The Balaban J connectivity index is 1.91. The van der Waals surface area contributed by atoms with E-state index in [2.05, 4.69) is 19.2 Å². The third kappa shape index (κ3) is 4.45. The van der Waals surface area contributed by atoms with Gasteiger partial charge in [-0.1, -0.05) is 13.8 Å². The predicted molar refractivity (Wildman–Crippen MR) is 74.6 cm³/mol. The van der Waals surface area contributed by atoms with Crippen LogP contribution >= 0.6 is 0 Å². The Labute approximate surface area is 115 Å². The summed E-state index contributed by atoms with van der Waals surface area (Å²) in [6.07, 6.45) is 2.49. The highest BCUT2D eigenvalue weighted by Gasteiger charge is 2.34. The van der Waals surface area contributed by atoms with Crippen molar-refractivity contribution < 1.29 is 13.2 Å². The van der Waals surface area contributed by atoms with Crippen molar-refractivity contribution in [2.75, 3.05) is 24.6 Å². The molecule has 0 bridgehead atoms. The molecule has 0 radical (unpaired) electrons. The van der Waals surface area contributed by atoms with E-state index in [1.54, 1.807) is 0 Å². The average molecular weight is 288 g/mol. The summed E-state index contributed by atoms with van der Waals surface area (Å²) in [6.45, 7) is 5.45. The predicted octanol–water partition coefficient (Wildman–Crippen LogP) is 0.410. The van der Waals surface area contributed by atoms with E-state index in [1.165, 1.54) is 0 Å². The van der Waals surface area contributed by atoms with Crippen LogP contribution < -0.4 is 5.32 Å². The number of carbonyl (C=O) groups is 1. The van der Waals surface area contributed by atoms with E-state index >= 15 is 0 Å². The van der Waals surface area contributed by atoms with Crippen LogP contribution in [0.2, 0.25) is 0 Å². The van der Waals surface area contributed by atoms with Gasteiger partial charge in [0.15, 0.2) is 9.84 Å². The molecule has 2 fully saturated rings. The van der Waals surface area contributed by atoms with Crippen LogP contribution in [0, 0.1) is 5.92 Å². The van der Waals surface area contributed by atoms with Crippen LogP contribution in [0.25, 0.3) is 0 Å². The van der Waals surface area contributed by atoms with E-state index in [0.29, 0.717) is 24.9 Å². The van der Waals surface area contributed by atoms with Gasteiger partial charge >= 0.3 is 0 Å². The highest BCUT2D eigenvalue weighted by Crippen LogP contribution is 2.28. The van der Waals surface area contributed by atoms with Gasteiger partial charge in [-0.05, 0) is 18.8 Å². The van der Waals surface area contributed by atoms with Crippen molar-refractivity contribution in [2.24, 2.45) is 5.92 Å². The molecule has 2 aliphatic rings. The number of amides is 1. The second kappa shape index (κ2) is 5.79. The highest BCUT2D eigenvalue weighted by atomic mass is 32.2. The Morgan fingerprint density at radius 3 is 2.58 bits per heavy atom. The molecule has 1 amide bonds. The van der Waals surface area contributed by atoms with Gasteiger partial charge in [-0.15, -0.1) is 0 Å². The Kier molecular flexibility index (Phi) is 4.50. The van der Waals surface area contributed by atoms with Crippen molar-refractivity contribution in [3.63, 3.8) is 0 Å². The fourth-order valence-electron chi connectivity index (χ4n) is 2.56. The third-order valence-electron chi connectivity index (χ3n) is 3.59. The minimum absolute atomic E-state index is 0.0962. The number of sulfone groups is 1. The van der Waals surface area contributed by atoms with Crippen LogP contribution in [0.4, 0.5) is 0 Å². The van der Waals surface area contributed by atoms with E-state index in [1.807, 2.05) is 4.90 Å². The number of nitrogens with one attached hydrogen (secondary N) is 1. The van der Waals surface area contributed by atoms with Gasteiger partial charge < -0.3 is 10.2 Å². The van der Waals surface area contributed by atoms with Gasteiger partial charge in [0.1, 0.15) is 0 Å². The third-order valence-corrected chi connectivity index (χ3v) is 5.33. The summed E-state index contributed by atoms with van der Waals surface area (Å²) >= 11 is 0. The Morgan fingerprint density at radius 1 is 1.37 bits per heavy atom. The molecule has 5 nitrogen and oxygen atoms in total. The van der Waals surface area contributed by atoms with Crippen LogP contribution in [-0.2, 0) is 14.6 Å². The average Bonchev–Trinajstić information content (AvgIpc) is 3.07. The Hall–Kier alpha value is -0.620. The first-order chi connectivity index (χ1) is 8.87. The van der Waals surface area contributed by atoms with Gasteiger partial charge in [-0.25, -0.2) is 8.42 Å². The van der Waals surface area contributed by atoms with E-state index in [0.717, 1.165) is 19.4 Å². The van der Waals surface area contributed by atoms with Gasteiger partial charge in [0.25, 0.3) is 0 Å². The maximum absolute atomic E-state index is 12.3. The van der Waals surface area contributed by atoms with Crippen LogP contribution in [0.3, 0.4) is 0 Å². The topological polar surface area (TPSA) is 66.5 Å². The van der Waals surface area contributed by atoms with Crippen molar-refractivity contribution in [3.05, 3.63) is 0 Å². The molecule has 1 aliphatic heterocycles. The zero-order valence-corrected chi connectivity index (χ0v) is 12.6.